The van der Waals surface area contributed by atoms with Gasteiger partial charge in [-0.15, -0.1) is 15.2 Å². The molecule has 2 rings (SSSR count). The van der Waals surface area contributed by atoms with Crippen molar-refractivity contribution in [3.63, 3.8) is 0 Å². The van der Waals surface area contributed by atoms with Gasteiger partial charge in [-0.2, -0.15) is 8.42 Å². The molecule has 1 aromatic rings. The molecular formula is C12H14FNO5S2. The summed E-state index contributed by atoms with van der Waals surface area (Å²) in [6, 6.07) is 1.60. The van der Waals surface area contributed by atoms with Gasteiger partial charge >= 0.3 is 16.2 Å². The molecule has 0 N–H and O–H groups in total. The summed E-state index contributed by atoms with van der Waals surface area (Å²) in [6.45, 7) is 1.96. The zero-order valence-corrected chi connectivity index (χ0v) is 12.9. The molecule has 9 heteroatoms. The number of amides is 1. The minimum absolute atomic E-state index is 0.0543. The lowest BCUT2D eigenvalue weighted by molar-refractivity contribution is -0.117. The highest BCUT2D eigenvalue weighted by Crippen LogP contribution is 2.32. The molecule has 21 heavy (non-hydrogen) atoms. The molecule has 116 valence electrons. The highest BCUT2D eigenvalue weighted by Gasteiger charge is 2.35. The number of nitrogens with zero attached hydrogens (tertiary/aromatic N) is 1. The van der Waals surface area contributed by atoms with Crippen LogP contribution in [0.25, 0.3) is 0 Å². The maximum atomic E-state index is 12.7. The van der Waals surface area contributed by atoms with Crippen LogP contribution >= 0.6 is 11.3 Å². The van der Waals surface area contributed by atoms with Crippen LogP contribution in [0, 0.1) is 5.92 Å². The Morgan fingerprint density at radius 2 is 2.29 bits per heavy atom. The van der Waals surface area contributed by atoms with Crippen molar-refractivity contribution in [2.24, 2.45) is 5.92 Å². The molecule has 1 aliphatic rings. The summed E-state index contributed by atoms with van der Waals surface area (Å²) in [4.78, 5) is 25.4. The third-order valence-corrected chi connectivity index (χ3v) is 4.79. The first-order valence-corrected chi connectivity index (χ1v) is 8.72. The first kappa shape index (κ1) is 15.9. The van der Waals surface area contributed by atoms with Crippen LogP contribution < -0.4 is 4.90 Å². The quantitative estimate of drug-likeness (QED) is 0.603. The van der Waals surface area contributed by atoms with Crippen molar-refractivity contribution < 1.29 is 26.6 Å². The summed E-state index contributed by atoms with van der Waals surface area (Å²) >= 11 is 1.14. The molecule has 6 nitrogen and oxygen atoms in total. The average Bonchev–Trinajstić information content (AvgIpc) is 2.93. The van der Waals surface area contributed by atoms with Gasteiger partial charge in [-0.3, -0.25) is 4.79 Å². The third kappa shape index (κ3) is 3.79. The summed E-state index contributed by atoms with van der Waals surface area (Å²) in [6.07, 6.45) is -0.0543. The van der Waals surface area contributed by atoms with Crippen LogP contribution in [0.15, 0.2) is 11.4 Å². The minimum Gasteiger partial charge on any atom is -0.462 e. The van der Waals surface area contributed by atoms with E-state index in [1.54, 1.807) is 18.4 Å². The van der Waals surface area contributed by atoms with Gasteiger partial charge in [0.1, 0.15) is 4.88 Å². The number of anilines is 1. The second-order valence-electron chi connectivity index (χ2n) is 4.64. The number of carbonyl (C=O) groups excluding carboxylic acids is 2. The zero-order valence-electron chi connectivity index (χ0n) is 11.2. The minimum atomic E-state index is -4.63. The highest BCUT2D eigenvalue weighted by molar-refractivity contribution is 7.86. The number of hydrogen-bond acceptors (Lipinski definition) is 6. The molecule has 0 spiro atoms. The Morgan fingerprint density at radius 3 is 2.90 bits per heavy atom. The number of ether oxygens (including phenoxy) is 1. The number of esters is 1. The van der Waals surface area contributed by atoms with Crippen molar-refractivity contribution in [2.75, 3.05) is 23.8 Å². The molecule has 0 aromatic carbocycles. The number of halogens is 1. The van der Waals surface area contributed by atoms with Gasteiger partial charge in [-0.25, -0.2) is 4.79 Å². The van der Waals surface area contributed by atoms with Crippen molar-refractivity contribution in [3.8, 4) is 0 Å². The lowest BCUT2D eigenvalue weighted by Crippen LogP contribution is -2.26. The zero-order chi connectivity index (χ0) is 15.6. The Balaban J connectivity index is 2.18. The molecule has 2 heterocycles. The van der Waals surface area contributed by atoms with Gasteiger partial charge < -0.3 is 9.64 Å². The molecule has 1 saturated heterocycles. The van der Waals surface area contributed by atoms with E-state index in [-0.39, 0.29) is 30.4 Å². The third-order valence-electron chi connectivity index (χ3n) is 3.04. The number of hydrogen-bond donors (Lipinski definition) is 0. The lowest BCUT2D eigenvalue weighted by Gasteiger charge is -2.16. The van der Waals surface area contributed by atoms with Crippen LogP contribution in [-0.4, -0.2) is 39.2 Å². The highest BCUT2D eigenvalue weighted by atomic mass is 32.3. The molecule has 0 aliphatic carbocycles. The van der Waals surface area contributed by atoms with E-state index < -0.39 is 27.9 Å². The summed E-state index contributed by atoms with van der Waals surface area (Å²) in [5, 5.41) is 1.65. The van der Waals surface area contributed by atoms with Crippen molar-refractivity contribution >= 4 is 39.1 Å². The topological polar surface area (TPSA) is 80.8 Å². The van der Waals surface area contributed by atoms with Crippen LogP contribution in [0.4, 0.5) is 9.57 Å². The van der Waals surface area contributed by atoms with E-state index in [4.69, 9.17) is 4.74 Å². The molecule has 1 amide bonds. The van der Waals surface area contributed by atoms with Gasteiger partial charge in [0.05, 0.1) is 18.0 Å². The summed E-state index contributed by atoms with van der Waals surface area (Å²) in [5.41, 5.74) is 0.391. The summed E-state index contributed by atoms with van der Waals surface area (Å²) in [5.74, 6) is -2.15. The van der Waals surface area contributed by atoms with Crippen LogP contribution in [0.3, 0.4) is 0 Å². The average molecular weight is 335 g/mol. The fraction of sp³-hybridized carbons (Fsp3) is 0.500. The second kappa shape index (κ2) is 6.10. The lowest BCUT2D eigenvalue weighted by atomic mass is 10.1. The van der Waals surface area contributed by atoms with E-state index in [0.717, 1.165) is 11.3 Å². The van der Waals surface area contributed by atoms with E-state index in [1.807, 2.05) is 0 Å². The summed E-state index contributed by atoms with van der Waals surface area (Å²) < 4.78 is 39.0. The van der Waals surface area contributed by atoms with E-state index in [2.05, 4.69) is 0 Å². The van der Waals surface area contributed by atoms with Crippen LogP contribution in [0.5, 0.6) is 0 Å². The SMILES string of the molecule is CCOC(=O)c1sccc1N1CC(CS(=O)(=O)F)CC1=O. The van der Waals surface area contributed by atoms with Crippen LogP contribution in [-0.2, 0) is 19.8 Å². The smallest absolute Gasteiger partial charge is 0.350 e. The van der Waals surface area contributed by atoms with Crippen molar-refractivity contribution in [1.82, 2.24) is 0 Å². The van der Waals surface area contributed by atoms with Gasteiger partial charge in [0.25, 0.3) is 0 Å². The molecule has 0 saturated carbocycles. The molecule has 1 atom stereocenters. The number of thiophene rings is 1. The first-order valence-electron chi connectivity index (χ1n) is 6.29. The monoisotopic (exact) mass is 335 g/mol. The maximum Gasteiger partial charge on any atom is 0.350 e. The predicted octanol–water partition coefficient (Wildman–Crippen LogP) is 1.58. The second-order valence-corrected chi connectivity index (χ2v) is 6.96. The maximum absolute atomic E-state index is 12.7. The van der Waals surface area contributed by atoms with Crippen molar-refractivity contribution in [3.05, 3.63) is 16.3 Å². The Bertz CT molecular complexity index is 654. The number of rotatable bonds is 5. The van der Waals surface area contributed by atoms with Crippen molar-refractivity contribution in [2.45, 2.75) is 13.3 Å². The molecule has 1 fully saturated rings. The van der Waals surface area contributed by atoms with E-state index in [9.17, 15) is 21.9 Å². The largest absolute Gasteiger partial charge is 0.462 e. The van der Waals surface area contributed by atoms with Gasteiger partial charge in [0.2, 0.25) is 5.91 Å². The van der Waals surface area contributed by atoms with Crippen molar-refractivity contribution in [1.29, 1.82) is 0 Å². The molecule has 1 aliphatic heterocycles. The molecular weight excluding hydrogens is 321 g/mol. The fourth-order valence-electron chi connectivity index (χ4n) is 2.27. The molecule has 0 radical (unpaired) electrons. The predicted molar refractivity (Wildman–Crippen MR) is 75.6 cm³/mol. The number of carbonyl (C=O) groups is 2. The Hall–Kier alpha value is -1.48. The van der Waals surface area contributed by atoms with Crippen LogP contribution in [0.1, 0.15) is 23.0 Å². The molecule has 0 bridgehead atoms. The Labute approximate surface area is 125 Å². The summed E-state index contributed by atoms with van der Waals surface area (Å²) in [7, 11) is -4.63. The van der Waals surface area contributed by atoms with E-state index in [0.29, 0.717) is 5.69 Å². The molecule has 1 aromatic heterocycles. The van der Waals surface area contributed by atoms with Gasteiger partial charge in [-0.1, -0.05) is 0 Å². The van der Waals surface area contributed by atoms with Gasteiger partial charge in [0.15, 0.2) is 0 Å². The van der Waals surface area contributed by atoms with Crippen LogP contribution in [0.2, 0.25) is 0 Å². The van der Waals surface area contributed by atoms with Gasteiger partial charge in [-0.05, 0) is 18.4 Å². The van der Waals surface area contributed by atoms with E-state index in [1.165, 1.54) is 4.90 Å². The van der Waals surface area contributed by atoms with E-state index >= 15 is 0 Å². The molecule has 1 unspecified atom stereocenters. The van der Waals surface area contributed by atoms with Gasteiger partial charge in [0, 0.05) is 18.9 Å². The fourth-order valence-corrected chi connectivity index (χ4v) is 3.85. The Kier molecular flexibility index (Phi) is 4.62. The first-order chi connectivity index (χ1) is 9.81. The Morgan fingerprint density at radius 1 is 1.57 bits per heavy atom. The standard InChI is InChI=1S/C12H14FNO5S2/c1-2-19-12(16)11-9(3-4-20-11)14-6-8(5-10(14)15)7-21(13,17)18/h3-4,8H,2,5-7H2,1H3. The normalized spacial score (nSPS) is 19.0.